The van der Waals surface area contributed by atoms with Gasteiger partial charge >= 0.3 is 0 Å². The summed E-state index contributed by atoms with van der Waals surface area (Å²) < 4.78 is 0. The monoisotopic (exact) mass is 224 g/mol. The van der Waals surface area contributed by atoms with Gasteiger partial charge in [0.1, 0.15) is 5.54 Å². The molecule has 1 atom stereocenters. The van der Waals surface area contributed by atoms with E-state index in [2.05, 4.69) is 35.3 Å². The molecule has 0 aromatic carbocycles. The van der Waals surface area contributed by atoms with Gasteiger partial charge in [0.2, 0.25) is 0 Å². The predicted octanol–water partition coefficient (Wildman–Crippen LogP) is 0.514. The topological polar surface area (TPSA) is 42.3 Å². The highest BCUT2D eigenvalue weighted by atomic mass is 15.2. The summed E-state index contributed by atoms with van der Waals surface area (Å²) >= 11 is 0. The number of hydrogen-bond donors (Lipinski definition) is 1. The van der Waals surface area contributed by atoms with Gasteiger partial charge in [-0.15, -0.1) is 0 Å². The SMILES string of the molecule is CNC(C)(C#N)CN(C)C1CCN(C)CC1. The fourth-order valence-corrected chi connectivity index (χ4v) is 2.23. The standard InChI is InChI=1S/C12H24N4/c1-12(9-13,14-2)10-16(4)11-5-7-15(3)8-6-11/h11,14H,5-8,10H2,1-4H3. The van der Waals surface area contributed by atoms with Crippen LogP contribution in [0.25, 0.3) is 0 Å². The lowest BCUT2D eigenvalue weighted by atomic mass is 9.99. The maximum absolute atomic E-state index is 9.13. The molecule has 1 fully saturated rings. The fraction of sp³-hybridized carbons (Fsp3) is 0.917. The predicted molar refractivity (Wildman–Crippen MR) is 66.2 cm³/mol. The third-order valence-electron chi connectivity index (χ3n) is 3.68. The molecule has 4 heteroatoms. The lowest BCUT2D eigenvalue weighted by molar-refractivity contribution is 0.128. The molecular weight excluding hydrogens is 200 g/mol. The van der Waals surface area contributed by atoms with Gasteiger partial charge in [0.05, 0.1) is 6.07 Å². The van der Waals surface area contributed by atoms with Crippen LogP contribution in [0.1, 0.15) is 19.8 Å². The first kappa shape index (κ1) is 13.4. The van der Waals surface area contributed by atoms with Crippen LogP contribution in [-0.2, 0) is 0 Å². The van der Waals surface area contributed by atoms with E-state index in [1.54, 1.807) is 0 Å². The Morgan fingerprint density at radius 2 is 2.06 bits per heavy atom. The van der Waals surface area contributed by atoms with Crippen LogP contribution in [0.15, 0.2) is 0 Å². The molecule has 0 spiro atoms. The highest BCUT2D eigenvalue weighted by Crippen LogP contribution is 2.16. The van der Waals surface area contributed by atoms with Gasteiger partial charge in [0, 0.05) is 12.6 Å². The molecule has 0 aliphatic carbocycles. The van der Waals surface area contributed by atoms with Crippen molar-refractivity contribution in [1.29, 1.82) is 5.26 Å². The van der Waals surface area contributed by atoms with Gasteiger partial charge in [-0.3, -0.25) is 0 Å². The summed E-state index contributed by atoms with van der Waals surface area (Å²) in [5, 5.41) is 12.2. The summed E-state index contributed by atoms with van der Waals surface area (Å²) in [4.78, 5) is 4.69. The Kier molecular flexibility index (Phi) is 4.72. The molecular formula is C12H24N4. The van der Waals surface area contributed by atoms with Crippen LogP contribution in [0.5, 0.6) is 0 Å². The lowest BCUT2D eigenvalue weighted by Crippen LogP contribution is -2.52. The van der Waals surface area contributed by atoms with Gasteiger partial charge < -0.3 is 15.1 Å². The fourth-order valence-electron chi connectivity index (χ4n) is 2.23. The van der Waals surface area contributed by atoms with Gasteiger partial charge in [-0.25, -0.2) is 0 Å². The molecule has 0 aromatic heterocycles. The summed E-state index contributed by atoms with van der Waals surface area (Å²) in [5.74, 6) is 0. The summed E-state index contributed by atoms with van der Waals surface area (Å²) in [6.45, 7) is 5.07. The van der Waals surface area contributed by atoms with Crippen LogP contribution in [-0.4, -0.2) is 62.2 Å². The number of piperidine rings is 1. The number of nitrogens with one attached hydrogen (secondary N) is 1. The second-order valence-corrected chi connectivity index (χ2v) is 5.14. The van der Waals surface area contributed by atoms with Crippen molar-refractivity contribution in [1.82, 2.24) is 15.1 Å². The first-order chi connectivity index (χ1) is 7.50. The van der Waals surface area contributed by atoms with E-state index < -0.39 is 5.54 Å². The largest absolute Gasteiger partial charge is 0.306 e. The van der Waals surface area contributed by atoms with Crippen LogP contribution in [0.4, 0.5) is 0 Å². The molecule has 92 valence electrons. The molecule has 1 unspecified atom stereocenters. The summed E-state index contributed by atoms with van der Waals surface area (Å²) in [7, 11) is 6.15. The zero-order valence-electron chi connectivity index (χ0n) is 11.0. The maximum atomic E-state index is 9.13. The first-order valence-corrected chi connectivity index (χ1v) is 5.99. The van der Waals surface area contributed by atoms with Crippen molar-refractivity contribution in [2.45, 2.75) is 31.3 Å². The summed E-state index contributed by atoms with van der Waals surface area (Å²) in [6, 6.07) is 2.97. The molecule has 16 heavy (non-hydrogen) atoms. The quantitative estimate of drug-likeness (QED) is 0.756. The van der Waals surface area contributed by atoms with E-state index in [-0.39, 0.29) is 0 Å². The van der Waals surface area contributed by atoms with Crippen molar-refractivity contribution in [2.24, 2.45) is 0 Å². The van der Waals surface area contributed by atoms with Crippen LogP contribution in [0.3, 0.4) is 0 Å². The molecule has 1 aliphatic heterocycles. The van der Waals surface area contributed by atoms with E-state index in [9.17, 15) is 0 Å². The number of nitrogens with zero attached hydrogens (tertiary/aromatic N) is 3. The van der Waals surface area contributed by atoms with Gasteiger partial charge in [-0.05, 0) is 54.0 Å². The molecule has 0 aromatic rings. The minimum absolute atomic E-state index is 0.432. The molecule has 1 aliphatic rings. The number of rotatable bonds is 4. The molecule has 0 bridgehead atoms. The van der Waals surface area contributed by atoms with Crippen molar-refractivity contribution in [2.75, 3.05) is 40.8 Å². The van der Waals surface area contributed by atoms with Crippen molar-refractivity contribution in [3.8, 4) is 6.07 Å². The second-order valence-electron chi connectivity index (χ2n) is 5.14. The van der Waals surface area contributed by atoms with Crippen molar-refractivity contribution in [3.05, 3.63) is 0 Å². The third-order valence-corrected chi connectivity index (χ3v) is 3.68. The smallest absolute Gasteiger partial charge is 0.116 e. The molecule has 1 N–H and O–H groups in total. The second kappa shape index (κ2) is 5.62. The van der Waals surface area contributed by atoms with E-state index in [1.165, 1.54) is 12.8 Å². The Balaban J connectivity index is 2.46. The number of hydrogen-bond acceptors (Lipinski definition) is 4. The lowest BCUT2D eigenvalue weighted by Gasteiger charge is -2.38. The highest BCUT2D eigenvalue weighted by Gasteiger charge is 2.28. The Labute approximate surface area is 99.2 Å². The number of nitriles is 1. The zero-order chi connectivity index (χ0) is 12.2. The maximum Gasteiger partial charge on any atom is 0.116 e. The molecule has 0 radical (unpaired) electrons. The third kappa shape index (κ3) is 3.44. The minimum Gasteiger partial charge on any atom is -0.306 e. The van der Waals surface area contributed by atoms with Crippen molar-refractivity contribution < 1.29 is 0 Å². The Bertz CT molecular complexity index is 252. The van der Waals surface area contributed by atoms with E-state index in [4.69, 9.17) is 5.26 Å². The molecule has 0 saturated carbocycles. The Morgan fingerprint density at radius 1 is 1.50 bits per heavy atom. The molecule has 4 nitrogen and oxygen atoms in total. The van der Waals surface area contributed by atoms with Gasteiger partial charge in [-0.1, -0.05) is 0 Å². The molecule has 1 heterocycles. The summed E-state index contributed by atoms with van der Waals surface area (Å²) in [6.07, 6.45) is 2.41. The van der Waals surface area contributed by atoms with Crippen molar-refractivity contribution in [3.63, 3.8) is 0 Å². The van der Waals surface area contributed by atoms with Gasteiger partial charge in [-0.2, -0.15) is 5.26 Å². The van der Waals surface area contributed by atoms with E-state index in [0.29, 0.717) is 6.04 Å². The first-order valence-electron chi connectivity index (χ1n) is 5.99. The van der Waals surface area contributed by atoms with Crippen LogP contribution < -0.4 is 5.32 Å². The number of likely N-dealkylation sites (N-methyl/N-ethyl adjacent to an activating group) is 2. The normalized spacial score (nSPS) is 23.0. The van der Waals surface area contributed by atoms with Gasteiger partial charge in [0.25, 0.3) is 0 Å². The number of likely N-dealkylation sites (tertiary alicyclic amines) is 1. The van der Waals surface area contributed by atoms with E-state index in [1.807, 2.05) is 14.0 Å². The van der Waals surface area contributed by atoms with Crippen LogP contribution in [0, 0.1) is 11.3 Å². The van der Waals surface area contributed by atoms with E-state index in [0.717, 1.165) is 19.6 Å². The Hall–Kier alpha value is -0.630. The van der Waals surface area contributed by atoms with Gasteiger partial charge in [0.15, 0.2) is 0 Å². The van der Waals surface area contributed by atoms with Crippen LogP contribution in [0.2, 0.25) is 0 Å². The van der Waals surface area contributed by atoms with Crippen LogP contribution >= 0.6 is 0 Å². The average molecular weight is 224 g/mol. The molecule has 1 rings (SSSR count). The molecule has 0 amide bonds. The molecule has 1 saturated heterocycles. The van der Waals surface area contributed by atoms with Crippen molar-refractivity contribution >= 4 is 0 Å². The average Bonchev–Trinajstić information content (AvgIpc) is 2.29. The summed E-state index contributed by atoms with van der Waals surface area (Å²) in [5.41, 5.74) is -0.432. The van der Waals surface area contributed by atoms with E-state index >= 15 is 0 Å². The zero-order valence-corrected chi connectivity index (χ0v) is 11.0. The highest BCUT2D eigenvalue weighted by molar-refractivity contribution is 5.05. The minimum atomic E-state index is -0.432. The Morgan fingerprint density at radius 3 is 2.50 bits per heavy atom.